The number of aryl methyl sites for hydroxylation is 1. The fourth-order valence-corrected chi connectivity index (χ4v) is 8.45. The molecule has 0 saturated carbocycles. The van der Waals surface area contributed by atoms with Gasteiger partial charge in [-0.05, 0) is 58.6 Å². The first-order chi connectivity index (χ1) is 20.5. The molecule has 1 fully saturated rings. The van der Waals surface area contributed by atoms with E-state index in [0.717, 1.165) is 3.97 Å². The van der Waals surface area contributed by atoms with E-state index >= 15 is 0 Å². The average Bonchev–Trinajstić information content (AvgIpc) is 3.63. The Bertz CT molecular complexity index is 2220. The third kappa shape index (κ3) is 4.18. The predicted octanol–water partition coefficient (Wildman–Crippen LogP) is 2.60. The van der Waals surface area contributed by atoms with Crippen molar-refractivity contribution in [2.24, 2.45) is 7.05 Å². The first-order valence-corrected chi connectivity index (χ1v) is 15.6. The molecule has 13 nitrogen and oxygen atoms in total. The summed E-state index contributed by atoms with van der Waals surface area (Å²) in [6, 6.07) is 12.7. The predicted molar refractivity (Wildman–Crippen MR) is 160 cm³/mol. The number of ether oxygens (including phenoxy) is 1. The van der Waals surface area contributed by atoms with Gasteiger partial charge in [-0.25, -0.2) is 22.2 Å². The second kappa shape index (κ2) is 9.83. The monoisotopic (exact) mass is 668 g/mol. The summed E-state index contributed by atoms with van der Waals surface area (Å²) in [5.74, 6) is 0. The van der Waals surface area contributed by atoms with Crippen LogP contribution in [0.4, 0.5) is 0 Å². The Balaban J connectivity index is 1.62. The first-order valence-electron chi connectivity index (χ1n) is 13.3. The number of aromatic nitrogens is 6. The highest BCUT2D eigenvalue weighted by Gasteiger charge is 2.33. The molecular formula is C28H25BrN6O7S. The van der Waals surface area contributed by atoms with E-state index in [1.807, 2.05) is 0 Å². The van der Waals surface area contributed by atoms with E-state index in [2.05, 4.69) is 26.0 Å². The maximum absolute atomic E-state index is 14.1. The smallest absolute Gasteiger partial charge is 0.381 e. The third-order valence-electron chi connectivity index (χ3n) is 7.91. The minimum absolute atomic E-state index is 0.0536. The molecule has 0 aliphatic carbocycles. The van der Waals surface area contributed by atoms with Gasteiger partial charge in [-0.1, -0.05) is 24.3 Å². The maximum atomic E-state index is 14.1. The van der Waals surface area contributed by atoms with Crippen LogP contribution < -0.4 is 5.69 Å². The molecule has 1 aliphatic rings. The highest BCUT2D eigenvalue weighted by atomic mass is 79.9. The molecular weight excluding hydrogens is 644 g/mol. The molecule has 0 atom stereocenters. The fourth-order valence-electron chi connectivity index (χ4n) is 5.90. The van der Waals surface area contributed by atoms with Gasteiger partial charge in [-0.2, -0.15) is 9.78 Å². The standard InChI is InChI=1S/C28H25BrN6O7S/c1-32-21-15-30-26-23(24(21)33(27(32)36)18-9-11-42-12-10-18)22(25(29)34(26)43(40,41)19-5-3-2-4-6-19)16-7-8-20-17(13-16)14-31-35(20)28(37,38)39/h2-8,13-15,18,37-39H,9-12H2,1H3. The minimum atomic E-state index is -4.17. The molecule has 15 heteroatoms. The lowest BCUT2D eigenvalue weighted by Crippen LogP contribution is -2.33. The van der Waals surface area contributed by atoms with Crippen molar-refractivity contribution in [2.45, 2.75) is 29.9 Å². The van der Waals surface area contributed by atoms with Gasteiger partial charge >= 0.3 is 11.8 Å². The first kappa shape index (κ1) is 27.9. The van der Waals surface area contributed by atoms with Crippen molar-refractivity contribution in [1.29, 1.82) is 0 Å². The summed E-state index contributed by atoms with van der Waals surface area (Å²) in [6.45, 7) is 0.981. The lowest BCUT2D eigenvalue weighted by Gasteiger charge is -2.23. The Hall–Kier alpha value is -3.86. The van der Waals surface area contributed by atoms with Crippen molar-refractivity contribution in [1.82, 2.24) is 27.9 Å². The molecule has 222 valence electrons. The van der Waals surface area contributed by atoms with Gasteiger partial charge in [0.05, 0.1) is 39.2 Å². The van der Waals surface area contributed by atoms with Gasteiger partial charge in [0.1, 0.15) is 4.60 Å². The van der Waals surface area contributed by atoms with E-state index in [1.165, 1.54) is 35.2 Å². The van der Waals surface area contributed by atoms with E-state index in [0.29, 0.717) is 63.7 Å². The average molecular weight is 670 g/mol. The van der Waals surface area contributed by atoms with Crippen molar-refractivity contribution in [3.63, 3.8) is 0 Å². The van der Waals surface area contributed by atoms with Crippen LogP contribution in [0.1, 0.15) is 18.9 Å². The van der Waals surface area contributed by atoms with E-state index < -0.39 is 16.1 Å². The van der Waals surface area contributed by atoms with Gasteiger partial charge in [-0.3, -0.25) is 9.13 Å². The summed E-state index contributed by atoms with van der Waals surface area (Å²) in [5, 5.41) is 34.0. The van der Waals surface area contributed by atoms with Crippen LogP contribution in [0.15, 0.2) is 75.2 Å². The molecule has 0 amide bonds. The Labute approximate surface area is 252 Å². The Morgan fingerprint density at radius 3 is 2.44 bits per heavy atom. The van der Waals surface area contributed by atoms with Crippen LogP contribution in [0.3, 0.4) is 0 Å². The van der Waals surface area contributed by atoms with E-state index in [-0.39, 0.29) is 32.4 Å². The maximum Gasteiger partial charge on any atom is 0.389 e. The number of imidazole rings is 1. The number of aliphatic hydroxyl groups is 3. The van der Waals surface area contributed by atoms with Crippen LogP contribution in [0.2, 0.25) is 0 Å². The van der Waals surface area contributed by atoms with E-state index in [4.69, 9.17) is 4.74 Å². The van der Waals surface area contributed by atoms with Crippen LogP contribution in [-0.2, 0) is 27.9 Å². The van der Waals surface area contributed by atoms with Crippen LogP contribution in [0.5, 0.6) is 0 Å². The lowest BCUT2D eigenvalue weighted by molar-refractivity contribution is -0.378. The fraction of sp³-hybridized carbons (Fsp3) is 0.250. The highest BCUT2D eigenvalue weighted by Crippen LogP contribution is 2.44. The van der Waals surface area contributed by atoms with Crippen molar-refractivity contribution >= 4 is 58.9 Å². The van der Waals surface area contributed by atoms with Crippen LogP contribution in [0, 0.1) is 0 Å². The molecule has 5 heterocycles. The summed E-state index contributed by atoms with van der Waals surface area (Å²) in [5.41, 5.74) is 2.16. The second-order valence-corrected chi connectivity index (χ2v) is 13.0. The molecule has 6 aromatic rings. The van der Waals surface area contributed by atoms with E-state index in [1.54, 1.807) is 41.9 Å². The van der Waals surface area contributed by atoms with Crippen LogP contribution in [-0.4, -0.2) is 64.8 Å². The molecule has 7 rings (SSSR count). The molecule has 4 aromatic heterocycles. The quantitative estimate of drug-likeness (QED) is 0.234. The number of pyridine rings is 1. The second-order valence-electron chi connectivity index (χ2n) is 10.4. The van der Waals surface area contributed by atoms with Gasteiger partial charge in [0.2, 0.25) is 0 Å². The molecule has 0 spiro atoms. The molecule has 0 bridgehead atoms. The van der Waals surface area contributed by atoms with Gasteiger partial charge in [0.15, 0.2) is 5.65 Å². The number of fused-ring (bicyclic) bond motifs is 4. The van der Waals surface area contributed by atoms with Crippen LogP contribution >= 0.6 is 15.9 Å². The molecule has 43 heavy (non-hydrogen) atoms. The number of halogens is 1. The zero-order valence-corrected chi connectivity index (χ0v) is 25.0. The third-order valence-corrected chi connectivity index (χ3v) is 10.6. The molecule has 1 saturated heterocycles. The van der Waals surface area contributed by atoms with Crippen molar-refractivity contribution in [3.8, 4) is 11.1 Å². The van der Waals surface area contributed by atoms with E-state index in [9.17, 15) is 28.5 Å². The molecule has 2 aromatic carbocycles. The number of nitrogens with zero attached hydrogens (tertiary/aromatic N) is 6. The Morgan fingerprint density at radius 1 is 1.02 bits per heavy atom. The van der Waals surface area contributed by atoms with Gasteiger partial charge in [-0.15, -0.1) is 0 Å². The van der Waals surface area contributed by atoms with Gasteiger partial charge in [0, 0.05) is 37.3 Å². The SMILES string of the molecule is Cn1c(=O)n(C2CCOCC2)c2c3c(-c4ccc5c(cnn5C(O)(O)O)c4)c(Br)n(S(=O)(=O)c4ccccc4)c3ncc21. The highest BCUT2D eigenvalue weighted by molar-refractivity contribution is 9.10. The largest absolute Gasteiger partial charge is 0.389 e. The Morgan fingerprint density at radius 2 is 1.74 bits per heavy atom. The number of hydrogen-bond donors (Lipinski definition) is 3. The van der Waals surface area contributed by atoms with Gasteiger partial charge < -0.3 is 20.1 Å². The van der Waals surface area contributed by atoms with Gasteiger partial charge in [0.25, 0.3) is 10.0 Å². The summed E-state index contributed by atoms with van der Waals surface area (Å²) in [4.78, 5) is 18.4. The Kier molecular flexibility index (Phi) is 6.39. The summed E-state index contributed by atoms with van der Waals surface area (Å²) < 4.78 is 39.0. The minimum Gasteiger partial charge on any atom is -0.381 e. The number of hydrogen-bond acceptors (Lipinski definition) is 9. The lowest BCUT2D eigenvalue weighted by atomic mass is 10.0. The normalized spacial score (nSPS) is 15.3. The molecule has 3 N–H and O–H groups in total. The summed E-state index contributed by atoms with van der Waals surface area (Å²) >= 11 is 3.59. The van der Waals surface area contributed by atoms with Crippen molar-refractivity contribution < 1.29 is 28.5 Å². The number of rotatable bonds is 5. The summed E-state index contributed by atoms with van der Waals surface area (Å²) in [6.07, 6.45) is 0.859. The molecule has 1 aliphatic heterocycles. The van der Waals surface area contributed by atoms with Crippen molar-refractivity contribution in [2.75, 3.05) is 13.2 Å². The zero-order chi connectivity index (χ0) is 30.3. The van der Waals surface area contributed by atoms with Crippen LogP contribution in [0.25, 0.3) is 44.1 Å². The van der Waals surface area contributed by atoms with Crippen molar-refractivity contribution in [3.05, 3.63) is 76.0 Å². The zero-order valence-electron chi connectivity index (χ0n) is 22.6. The molecule has 0 unspecified atom stereocenters. The topological polar surface area (TPSA) is 167 Å². The summed E-state index contributed by atoms with van der Waals surface area (Å²) in [7, 11) is -2.51. The molecule has 0 radical (unpaired) electrons. The number of benzene rings is 2.